The zero-order valence-electron chi connectivity index (χ0n) is 17.7. The normalized spacial score (nSPS) is 24.3. The van der Waals surface area contributed by atoms with Crippen LogP contribution in [0.2, 0.25) is 0 Å². The van der Waals surface area contributed by atoms with Gasteiger partial charge in [-0.2, -0.15) is 0 Å². The van der Waals surface area contributed by atoms with Gasteiger partial charge in [-0.15, -0.1) is 0 Å². The Balaban J connectivity index is 1.29. The first-order chi connectivity index (χ1) is 14.6. The van der Waals surface area contributed by atoms with Gasteiger partial charge in [0.2, 0.25) is 0 Å². The third-order valence-corrected chi connectivity index (χ3v) is 6.33. The second kappa shape index (κ2) is 9.73. The molecule has 1 fully saturated rings. The Hall–Kier alpha value is -2.21. The Morgan fingerprint density at radius 2 is 1.83 bits per heavy atom. The van der Waals surface area contributed by atoms with E-state index in [1.807, 2.05) is 30.3 Å². The largest absolute Gasteiger partial charge is 0.390 e. The molecule has 4 rings (SSSR count). The number of aliphatic hydroxyl groups excluding tert-OH is 1. The molecular weight excluding hydrogens is 376 g/mol. The van der Waals surface area contributed by atoms with Crippen LogP contribution in [0.25, 0.3) is 0 Å². The number of hydrogen-bond donors (Lipinski definition) is 1. The van der Waals surface area contributed by atoms with Crippen LogP contribution in [0.3, 0.4) is 0 Å². The number of rotatable bonds is 6. The zero-order valence-corrected chi connectivity index (χ0v) is 17.7. The molecule has 0 aromatic heterocycles. The third kappa shape index (κ3) is 5.09. The fourth-order valence-electron chi connectivity index (χ4n) is 4.53. The SMILES string of the molecule is CN(Cc1ccccc1)C(=O)[C@H]1O[C@H](CCN2CCc3ccccc3C2)CC[C@@H]1O. The maximum Gasteiger partial charge on any atom is 0.254 e. The van der Waals surface area contributed by atoms with Crippen LogP contribution in [0.5, 0.6) is 0 Å². The van der Waals surface area contributed by atoms with E-state index in [2.05, 4.69) is 29.2 Å². The predicted molar refractivity (Wildman–Crippen MR) is 117 cm³/mol. The van der Waals surface area contributed by atoms with Gasteiger partial charge in [-0.25, -0.2) is 0 Å². The average molecular weight is 409 g/mol. The van der Waals surface area contributed by atoms with Crippen molar-refractivity contribution in [3.63, 3.8) is 0 Å². The molecule has 3 atom stereocenters. The van der Waals surface area contributed by atoms with E-state index in [1.165, 1.54) is 11.1 Å². The number of benzene rings is 2. The van der Waals surface area contributed by atoms with Gasteiger partial charge >= 0.3 is 0 Å². The summed E-state index contributed by atoms with van der Waals surface area (Å²) in [5.41, 5.74) is 3.94. The zero-order chi connectivity index (χ0) is 20.9. The van der Waals surface area contributed by atoms with Gasteiger partial charge in [0.15, 0.2) is 6.10 Å². The number of likely N-dealkylation sites (N-methyl/N-ethyl adjacent to an activating group) is 1. The second-order valence-electron chi connectivity index (χ2n) is 8.59. The van der Waals surface area contributed by atoms with Crippen molar-refractivity contribution in [2.24, 2.45) is 0 Å². The molecule has 0 saturated carbocycles. The summed E-state index contributed by atoms with van der Waals surface area (Å²) in [5.74, 6) is -0.136. The van der Waals surface area contributed by atoms with E-state index < -0.39 is 12.2 Å². The lowest BCUT2D eigenvalue weighted by Crippen LogP contribution is -2.49. The van der Waals surface area contributed by atoms with E-state index in [-0.39, 0.29) is 12.0 Å². The van der Waals surface area contributed by atoms with E-state index in [0.29, 0.717) is 13.0 Å². The van der Waals surface area contributed by atoms with E-state index in [4.69, 9.17) is 4.74 Å². The highest BCUT2D eigenvalue weighted by molar-refractivity contribution is 5.81. The number of carbonyl (C=O) groups is 1. The van der Waals surface area contributed by atoms with Crippen molar-refractivity contribution in [1.82, 2.24) is 9.80 Å². The molecule has 160 valence electrons. The Labute approximate surface area is 179 Å². The summed E-state index contributed by atoms with van der Waals surface area (Å²) < 4.78 is 6.11. The molecule has 5 heteroatoms. The highest BCUT2D eigenvalue weighted by Crippen LogP contribution is 2.25. The first-order valence-corrected chi connectivity index (χ1v) is 11.0. The quantitative estimate of drug-likeness (QED) is 0.798. The van der Waals surface area contributed by atoms with Gasteiger partial charge in [0.1, 0.15) is 0 Å². The van der Waals surface area contributed by atoms with Crippen molar-refractivity contribution in [3.05, 3.63) is 71.3 Å². The second-order valence-corrected chi connectivity index (χ2v) is 8.59. The van der Waals surface area contributed by atoms with Crippen molar-refractivity contribution < 1.29 is 14.6 Å². The molecule has 2 heterocycles. The van der Waals surface area contributed by atoms with Gasteiger partial charge in [-0.3, -0.25) is 9.69 Å². The molecule has 1 N–H and O–H groups in total. The summed E-state index contributed by atoms with van der Waals surface area (Å²) in [4.78, 5) is 17.1. The van der Waals surface area contributed by atoms with Crippen molar-refractivity contribution in [3.8, 4) is 0 Å². The Kier molecular flexibility index (Phi) is 6.82. The smallest absolute Gasteiger partial charge is 0.254 e. The molecule has 2 aliphatic rings. The van der Waals surface area contributed by atoms with E-state index >= 15 is 0 Å². The molecule has 0 aliphatic carbocycles. The van der Waals surface area contributed by atoms with Gasteiger partial charge in [-0.05, 0) is 42.4 Å². The minimum atomic E-state index is -0.764. The Morgan fingerprint density at radius 1 is 1.10 bits per heavy atom. The molecule has 0 unspecified atom stereocenters. The number of hydrogen-bond acceptors (Lipinski definition) is 4. The van der Waals surface area contributed by atoms with Gasteiger partial charge in [-0.1, -0.05) is 54.6 Å². The summed E-state index contributed by atoms with van der Waals surface area (Å²) in [6.45, 7) is 3.52. The van der Waals surface area contributed by atoms with E-state index in [0.717, 1.165) is 44.5 Å². The Morgan fingerprint density at radius 3 is 2.63 bits per heavy atom. The van der Waals surface area contributed by atoms with Crippen LogP contribution in [0.15, 0.2) is 54.6 Å². The van der Waals surface area contributed by atoms with Crippen LogP contribution >= 0.6 is 0 Å². The summed E-state index contributed by atoms with van der Waals surface area (Å²) in [7, 11) is 1.78. The number of amides is 1. The van der Waals surface area contributed by atoms with Crippen molar-refractivity contribution in [2.75, 3.05) is 20.1 Å². The molecule has 0 radical (unpaired) electrons. The number of ether oxygens (including phenoxy) is 1. The maximum atomic E-state index is 12.9. The van der Waals surface area contributed by atoms with Crippen LogP contribution in [0.4, 0.5) is 0 Å². The predicted octanol–water partition coefficient (Wildman–Crippen LogP) is 3.00. The average Bonchev–Trinajstić information content (AvgIpc) is 2.78. The van der Waals surface area contributed by atoms with Crippen LogP contribution in [-0.4, -0.2) is 59.3 Å². The topological polar surface area (TPSA) is 53.0 Å². The van der Waals surface area contributed by atoms with Crippen molar-refractivity contribution in [1.29, 1.82) is 0 Å². The summed E-state index contributed by atoms with van der Waals surface area (Å²) in [5, 5.41) is 10.4. The van der Waals surface area contributed by atoms with Crippen LogP contribution in [-0.2, 0) is 29.0 Å². The van der Waals surface area contributed by atoms with E-state index in [1.54, 1.807) is 11.9 Å². The monoisotopic (exact) mass is 408 g/mol. The Bertz CT molecular complexity index is 841. The number of fused-ring (bicyclic) bond motifs is 1. The van der Waals surface area contributed by atoms with E-state index in [9.17, 15) is 9.90 Å². The van der Waals surface area contributed by atoms with Gasteiger partial charge in [0, 0.05) is 33.2 Å². The first kappa shape index (κ1) is 21.0. The summed E-state index contributed by atoms with van der Waals surface area (Å²) in [6, 6.07) is 18.6. The minimum Gasteiger partial charge on any atom is -0.390 e. The molecule has 2 aliphatic heterocycles. The fraction of sp³-hybridized carbons (Fsp3) is 0.480. The number of aliphatic hydroxyl groups is 1. The van der Waals surface area contributed by atoms with Crippen molar-refractivity contribution >= 4 is 5.91 Å². The lowest BCUT2D eigenvalue weighted by Gasteiger charge is -2.36. The van der Waals surface area contributed by atoms with Crippen LogP contribution < -0.4 is 0 Å². The summed E-state index contributed by atoms with van der Waals surface area (Å²) in [6.07, 6.45) is 1.92. The molecule has 0 bridgehead atoms. The lowest BCUT2D eigenvalue weighted by atomic mass is 9.97. The maximum absolute atomic E-state index is 12.9. The number of nitrogens with zero attached hydrogens (tertiary/aromatic N) is 2. The molecule has 1 saturated heterocycles. The van der Waals surface area contributed by atoms with Crippen molar-refractivity contribution in [2.45, 2.75) is 57.1 Å². The third-order valence-electron chi connectivity index (χ3n) is 6.33. The molecule has 1 amide bonds. The van der Waals surface area contributed by atoms with Gasteiger partial charge in [0.25, 0.3) is 5.91 Å². The fourth-order valence-corrected chi connectivity index (χ4v) is 4.53. The molecule has 0 spiro atoms. The highest BCUT2D eigenvalue weighted by atomic mass is 16.5. The molecule has 2 aromatic carbocycles. The molecule has 30 heavy (non-hydrogen) atoms. The minimum absolute atomic E-state index is 0.0182. The van der Waals surface area contributed by atoms with Gasteiger partial charge < -0.3 is 14.7 Å². The van der Waals surface area contributed by atoms with Crippen LogP contribution in [0.1, 0.15) is 36.0 Å². The molecule has 5 nitrogen and oxygen atoms in total. The summed E-state index contributed by atoms with van der Waals surface area (Å²) >= 11 is 0. The van der Waals surface area contributed by atoms with Crippen LogP contribution in [0, 0.1) is 0 Å². The first-order valence-electron chi connectivity index (χ1n) is 11.0. The molecule has 2 aromatic rings. The standard InChI is InChI=1S/C25H32N2O3/c1-26(17-19-7-3-2-4-8-19)25(29)24-23(28)12-11-22(30-24)14-16-27-15-13-20-9-5-6-10-21(20)18-27/h2-10,22-24,28H,11-18H2,1H3/t22-,23-,24-/m0/s1. The highest BCUT2D eigenvalue weighted by Gasteiger charge is 2.36. The lowest BCUT2D eigenvalue weighted by molar-refractivity contribution is -0.167. The number of carbonyl (C=O) groups excluding carboxylic acids is 1. The van der Waals surface area contributed by atoms with Gasteiger partial charge in [0.05, 0.1) is 12.2 Å². The molecular formula is C25H32N2O3.